The van der Waals surface area contributed by atoms with Crippen molar-refractivity contribution in [3.63, 3.8) is 0 Å². The van der Waals surface area contributed by atoms with Gasteiger partial charge in [0.25, 0.3) is 0 Å². The third kappa shape index (κ3) is 3.93. The van der Waals surface area contributed by atoms with E-state index in [-0.39, 0.29) is 23.1 Å². The van der Waals surface area contributed by atoms with Crippen LogP contribution < -0.4 is 10.7 Å². The number of hydrogen-bond acceptors (Lipinski definition) is 4. The topological polar surface area (TPSA) is 85.2 Å². The molecule has 1 aliphatic carbocycles. The molecule has 0 aliphatic heterocycles. The second-order valence-corrected chi connectivity index (χ2v) is 10.7. The number of carbonyl (C=O) groups excluding carboxylic acids is 1. The number of para-hydroxylation sites is 2. The van der Waals surface area contributed by atoms with Gasteiger partial charge in [-0.1, -0.05) is 37.1 Å². The lowest BCUT2D eigenvalue weighted by Crippen LogP contribution is -2.21. The van der Waals surface area contributed by atoms with Gasteiger partial charge in [-0.2, -0.15) is 0 Å². The fourth-order valence-corrected chi connectivity index (χ4v) is 6.56. The molecule has 1 fully saturated rings. The predicted octanol–water partition coefficient (Wildman–Crippen LogP) is 4.51. The number of hydrogen-bond donors (Lipinski definition) is 1. The van der Waals surface area contributed by atoms with Gasteiger partial charge in [0.05, 0.1) is 21.2 Å². The van der Waals surface area contributed by atoms with E-state index in [2.05, 4.69) is 5.32 Å². The van der Waals surface area contributed by atoms with Gasteiger partial charge in [0.2, 0.25) is 5.91 Å². The Morgan fingerprint density at radius 3 is 1.97 bits per heavy atom. The molecule has 0 spiro atoms. The van der Waals surface area contributed by atoms with Crippen LogP contribution in [0.5, 0.6) is 0 Å². The summed E-state index contributed by atoms with van der Waals surface area (Å²) in [6.07, 6.45) is 3.32. The summed E-state index contributed by atoms with van der Waals surface area (Å²) in [5.41, 5.74) is 1.85. The zero-order valence-electron chi connectivity index (χ0n) is 18.0. The van der Waals surface area contributed by atoms with Gasteiger partial charge >= 0.3 is 0 Å². The molecule has 0 saturated heterocycles. The quantitative estimate of drug-likeness (QED) is 0.444. The van der Waals surface area contributed by atoms with E-state index in [1.54, 1.807) is 36.4 Å². The minimum absolute atomic E-state index is 0.0173. The molecule has 3 aromatic carbocycles. The molecule has 6 nitrogen and oxygen atoms in total. The molecule has 1 aliphatic rings. The SMILES string of the molecule is O=C(Cn1c2ccccc2c(=O)c2ccccc21)Nc1ccc(S(=O)(=O)C2CCCC2)cc1. The van der Waals surface area contributed by atoms with Crippen LogP contribution in [-0.2, 0) is 21.2 Å². The molecule has 7 heteroatoms. The second-order valence-electron chi connectivity index (χ2n) is 8.47. The Bertz CT molecular complexity index is 1460. The smallest absolute Gasteiger partial charge is 0.244 e. The third-order valence-corrected chi connectivity index (χ3v) is 8.67. The number of pyridine rings is 1. The van der Waals surface area contributed by atoms with E-state index in [1.165, 1.54) is 0 Å². The van der Waals surface area contributed by atoms with Gasteiger partial charge in [0.1, 0.15) is 6.54 Å². The molecular weight excluding hydrogens is 436 g/mol. The van der Waals surface area contributed by atoms with Gasteiger partial charge in [0, 0.05) is 16.5 Å². The Hall–Kier alpha value is -3.45. The van der Waals surface area contributed by atoms with Crippen molar-refractivity contribution in [3.05, 3.63) is 83.0 Å². The summed E-state index contributed by atoms with van der Waals surface area (Å²) in [6.45, 7) is 0.0173. The van der Waals surface area contributed by atoms with Gasteiger partial charge in [-0.15, -0.1) is 0 Å². The fraction of sp³-hybridized carbons (Fsp3) is 0.231. The lowest BCUT2D eigenvalue weighted by atomic mass is 10.1. The van der Waals surface area contributed by atoms with Crippen LogP contribution in [-0.4, -0.2) is 24.1 Å². The van der Waals surface area contributed by atoms with Gasteiger partial charge < -0.3 is 9.88 Å². The predicted molar refractivity (Wildman–Crippen MR) is 130 cm³/mol. The van der Waals surface area contributed by atoms with Crippen LogP contribution in [0.1, 0.15) is 25.7 Å². The third-order valence-electron chi connectivity index (χ3n) is 6.39. The van der Waals surface area contributed by atoms with Crippen molar-refractivity contribution < 1.29 is 13.2 Å². The summed E-state index contributed by atoms with van der Waals surface area (Å²) in [6, 6.07) is 20.9. The van der Waals surface area contributed by atoms with E-state index in [0.29, 0.717) is 45.2 Å². The Labute approximate surface area is 191 Å². The number of carbonyl (C=O) groups is 1. The lowest BCUT2D eigenvalue weighted by Gasteiger charge is -2.15. The van der Waals surface area contributed by atoms with Crippen molar-refractivity contribution in [1.29, 1.82) is 0 Å². The number of benzene rings is 3. The van der Waals surface area contributed by atoms with Crippen LogP contribution >= 0.6 is 0 Å². The molecule has 5 rings (SSSR count). The van der Waals surface area contributed by atoms with Gasteiger partial charge in [0.15, 0.2) is 15.3 Å². The molecule has 1 saturated carbocycles. The Balaban J connectivity index is 1.42. The first-order valence-electron chi connectivity index (χ1n) is 11.1. The highest BCUT2D eigenvalue weighted by Gasteiger charge is 2.30. The van der Waals surface area contributed by atoms with Crippen LogP contribution in [0, 0.1) is 0 Å². The van der Waals surface area contributed by atoms with Crippen LogP contribution in [0.25, 0.3) is 21.8 Å². The van der Waals surface area contributed by atoms with Gasteiger partial charge in [-0.3, -0.25) is 9.59 Å². The summed E-state index contributed by atoms with van der Waals surface area (Å²) < 4.78 is 27.4. The molecule has 0 atom stereocenters. The van der Waals surface area contributed by atoms with Crippen molar-refractivity contribution in [2.24, 2.45) is 0 Å². The van der Waals surface area contributed by atoms with Crippen molar-refractivity contribution in [2.75, 3.05) is 5.32 Å². The zero-order valence-corrected chi connectivity index (χ0v) is 18.8. The standard InChI is InChI=1S/C26H24N2O4S/c29-25(27-18-13-15-20(16-14-18)33(31,32)19-7-1-2-8-19)17-28-23-11-5-3-9-21(23)26(30)22-10-4-6-12-24(22)28/h3-6,9-16,19H,1-2,7-8,17H2,(H,27,29). The van der Waals surface area contributed by atoms with E-state index in [0.717, 1.165) is 12.8 Å². The highest BCUT2D eigenvalue weighted by molar-refractivity contribution is 7.92. The maximum absolute atomic E-state index is 12.9. The maximum Gasteiger partial charge on any atom is 0.244 e. The zero-order chi connectivity index (χ0) is 23.0. The van der Waals surface area contributed by atoms with Crippen molar-refractivity contribution in [3.8, 4) is 0 Å². The number of fused-ring (bicyclic) bond motifs is 2. The minimum atomic E-state index is -3.33. The van der Waals surface area contributed by atoms with Crippen molar-refractivity contribution in [2.45, 2.75) is 42.4 Å². The molecule has 1 heterocycles. The first-order chi connectivity index (χ1) is 15.9. The summed E-state index contributed by atoms with van der Waals surface area (Å²) >= 11 is 0. The number of aromatic nitrogens is 1. The molecule has 1 amide bonds. The number of sulfone groups is 1. The first-order valence-corrected chi connectivity index (χ1v) is 12.6. The molecule has 0 radical (unpaired) electrons. The molecule has 0 bridgehead atoms. The minimum Gasteiger partial charge on any atom is -0.331 e. The largest absolute Gasteiger partial charge is 0.331 e. The van der Waals surface area contributed by atoms with E-state index in [1.807, 2.05) is 41.0 Å². The fourth-order valence-electron chi connectivity index (χ4n) is 4.71. The van der Waals surface area contributed by atoms with Crippen LogP contribution in [0.3, 0.4) is 0 Å². The van der Waals surface area contributed by atoms with E-state index < -0.39 is 9.84 Å². The Morgan fingerprint density at radius 2 is 1.39 bits per heavy atom. The van der Waals surface area contributed by atoms with E-state index >= 15 is 0 Å². The molecular formula is C26H24N2O4S. The lowest BCUT2D eigenvalue weighted by molar-refractivity contribution is -0.116. The summed E-state index contributed by atoms with van der Waals surface area (Å²) in [4.78, 5) is 26.1. The number of anilines is 1. The number of nitrogens with zero attached hydrogens (tertiary/aromatic N) is 1. The van der Waals surface area contributed by atoms with Crippen LogP contribution in [0.15, 0.2) is 82.5 Å². The molecule has 33 heavy (non-hydrogen) atoms. The Kier molecular flexibility index (Phi) is 5.50. The Morgan fingerprint density at radius 1 is 0.848 bits per heavy atom. The summed E-state index contributed by atoms with van der Waals surface area (Å²) in [5.74, 6) is -0.264. The highest BCUT2D eigenvalue weighted by atomic mass is 32.2. The summed E-state index contributed by atoms with van der Waals surface area (Å²) in [7, 11) is -3.33. The van der Waals surface area contributed by atoms with Crippen LogP contribution in [0.4, 0.5) is 5.69 Å². The molecule has 0 unspecified atom stereocenters. The number of nitrogens with one attached hydrogen (secondary N) is 1. The van der Waals surface area contributed by atoms with Crippen molar-refractivity contribution >= 4 is 43.2 Å². The van der Waals surface area contributed by atoms with Gasteiger partial charge in [-0.05, 0) is 61.4 Å². The monoisotopic (exact) mass is 460 g/mol. The molecule has 1 N–H and O–H groups in total. The molecule has 4 aromatic rings. The average molecular weight is 461 g/mol. The van der Waals surface area contributed by atoms with Gasteiger partial charge in [-0.25, -0.2) is 8.42 Å². The summed E-state index contributed by atoms with van der Waals surface area (Å²) in [5, 5.41) is 3.67. The van der Waals surface area contributed by atoms with Crippen LogP contribution in [0.2, 0.25) is 0 Å². The second kappa shape index (κ2) is 8.48. The number of rotatable bonds is 5. The molecule has 1 aromatic heterocycles. The first kappa shape index (κ1) is 21.4. The van der Waals surface area contributed by atoms with E-state index in [9.17, 15) is 18.0 Å². The highest BCUT2D eigenvalue weighted by Crippen LogP contribution is 2.30. The van der Waals surface area contributed by atoms with E-state index in [4.69, 9.17) is 0 Å². The normalized spacial score (nSPS) is 14.7. The number of amides is 1. The average Bonchev–Trinajstić information content (AvgIpc) is 3.38. The molecule has 168 valence electrons. The maximum atomic E-state index is 12.9. The van der Waals surface area contributed by atoms with Crippen molar-refractivity contribution in [1.82, 2.24) is 4.57 Å².